The molecule has 0 radical (unpaired) electrons. The number of rotatable bonds is 4. The van der Waals surface area contributed by atoms with E-state index in [9.17, 15) is 4.79 Å². The lowest BCUT2D eigenvalue weighted by atomic mass is 10.0. The summed E-state index contributed by atoms with van der Waals surface area (Å²) in [6, 6.07) is 7.22. The van der Waals surface area contributed by atoms with Crippen molar-refractivity contribution in [3.05, 3.63) is 29.8 Å². The van der Waals surface area contributed by atoms with Crippen LogP contribution in [0.5, 0.6) is 0 Å². The number of hydrogen-bond donors (Lipinski definition) is 2. The summed E-state index contributed by atoms with van der Waals surface area (Å²) < 4.78 is 0. The van der Waals surface area contributed by atoms with Crippen molar-refractivity contribution in [3.8, 4) is 12.3 Å². The fourth-order valence-electron chi connectivity index (χ4n) is 1.30. The van der Waals surface area contributed by atoms with Crippen LogP contribution < -0.4 is 5.32 Å². The summed E-state index contributed by atoms with van der Waals surface area (Å²) in [5.74, 6) is 1.27. The summed E-state index contributed by atoms with van der Waals surface area (Å²) in [5.41, 5.74) is 1.62. The second-order valence-corrected chi connectivity index (χ2v) is 3.79. The summed E-state index contributed by atoms with van der Waals surface area (Å²) in [5, 5.41) is 12.0. The van der Waals surface area contributed by atoms with Crippen molar-refractivity contribution in [2.75, 3.05) is 5.32 Å². The van der Waals surface area contributed by atoms with E-state index in [1.165, 1.54) is 0 Å². The largest absolute Gasteiger partial charge is 0.481 e. The highest BCUT2D eigenvalue weighted by molar-refractivity contribution is 5.71. The first-order chi connectivity index (χ1) is 7.54. The highest BCUT2D eigenvalue weighted by Crippen LogP contribution is 2.14. The molecule has 0 aliphatic carbocycles. The summed E-state index contributed by atoms with van der Waals surface area (Å²) in [6.45, 7) is 3.51. The van der Waals surface area contributed by atoms with E-state index in [0.29, 0.717) is 0 Å². The van der Waals surface area contributed by atoms with Crippen LogP contribution in [-0.2, 0) is 4.79 Å². The Labute approximate surface area is 95.5 Å². The van der Waals surface area contributed by atoms with E-state index in [2.05, 4.69) is 11.2 Å². The fourth-order valence-corrected chi connectivity index (χ4v) is 1.30. The molecule has 0 aromatic heterocycles. The van der Waals surface area contributed by atoms with Crippen LogP contribution >= 0.6 is 0 Å². The molecule has 2 atom stereocenters. The number of nitrogens with one attached hydrogen (secondary N) is 1. The zero-order chi connectivity index (χ0) is 12.1. The van der Waals surface area contributed by atoms with Crippen molar-refractivity contribution in [2.24, 2.45) is 5.92 Å². The van der Waals surface area contributed by atoms with E-state index < -0.39 is 11.9 Å². The Morgan fingerprint density at radius 1 is 1.50 bits per heavy atom. The van der Waals surface area contributed by atoms with Gasteiger partial charge in [0, 0.05) is 17.3 Å². The highest BCUT2D eigenvalue weighted by Gasteiger charge is 2.18. The van der Waals surface area contributed by atoms with Gasteiger partial charge in [0.15, 0.2) is 0 Å². The monoisotopic (exact) mass is 217 g/mol. The zero-order valence-electron chi connectivity index (χ0n) is 9.40. The molecule has 0 aliphatic heterocycles. The molecule has 0 bridgehead atoms. The van der Waals surface area contributed by atoms with Gasteiger partial charge in [0.2, 0.25) is 0 Å². The molecule has 0 spiro atoms. The Kier molecular flexibility index (Phi) is 3.96. The van der Waals surface area contributed by atoms with Crippen LogP contribution in [0.2, 0.25) is 0 Å². The SMILES string of the molecule is C#Cc1cccc(NC(C)C(C)C(=O)O)c1. The molecule has 0 heterocycles. The number of anilines is 1. The smallest absolute Gasteiger partial charge is 0.308 e. The molecule has 0 fully saturated rings. The van der Waals surface area contributed by atoms with Crippen molar-refractivity contribution in [1.29, 1.82) is 0 Å². The number of aliphatic carboxylic acids is 1. The van der Waals surface area contributed by atoms with Crippen LogP contribution in [0.4, 0.5) is 5.69 Å². The van der Waals surface area contributed by atoms with Crippen molar-refractivity contribution in [2.45, 2.75) is 19.9 Å². The van der Waals surface area contributed by atoms with Gasteiger partial charge in [0.25, 0.3) is 0 Å². The molecule has 2 unspecified atom stereocenters. The Morgan fingerprint density at radius 2 is 2.19 bits per heavy atom. The number of carboxylic acid groups (broad SMARTS) is 1. The van der Waals surface area contributed by atoms with Gasteiger partial charge in [-0.1, -0.05) is 12.0 Å². The highest BCUT2D eigenvalue weighted by atomic mass is 16.4. The Morgan fingerprint density at radius 3 is 2.75 bits per heavy atom. The second kappa shape index (κ2) is 5.22. The van der Waals surface area contributed by atoms with E-state index in [4.69, 9.17) is 11.5 Å². The van der Waals surface area contributed by atoms with Crippen LogP contribution in [0, 0.1) is 18.3 Å². The van der Waals surface area contributed by atoms with E-state index in [-0.39, 0.29) is 6.04 Å². The van der Waals surface area contributed by atoms with Crippen molar-refractivity contribution in [3.63, 3.8) is 0 Å². The first-order valence-electron chi connectivity index (χ1n) is 5.10. The molecule has 3 heteroatoms. The maximum Gasteiger partial charge on any atom is 0.308 e. The Hall–Kier alpha value is -1.95. The van der Waals surface area contributed by atoms with Crippen LogP contribution in [0.3, 0.4) is 0 Å². The normalized spacial score (nSPS) is 13.6. The third kappa shape index (κ3) is 3.03. The minimum atomic E-state index is -0.812. The van der Waals surface area contributed by atoms with Gasteiger partial charge in [-0.3, -0.25) is 4.79 Å². The molecular formula is C13H15NO2. The molecule has 0 saturated heterocycles. The third-order valence-corrected chi connectivity index (χ3v) is 2.56. The molecule has 16 heavy (non-hydrogen) atoms. The topological polar surface area (TPSA) is 49.3 Å². The van der Waals surface area contributed by atoms with Crippen molar-refractivity contribution >= 4 is 11.7 Å². The quantitative estimate of drug-likeness (QED) is 0.760. The summed E-state index contributed by atoms with van der Waals surface area (Å²) in [7, 11) is 0. The summed E-state index contributed by atoms with van der Waals surface area (Å²) in [4.78, 5) is 10.8. The van der Waals surface area contributed by atoms with Crippen LogP contribution in [-0.4, -0.2) is 17.1 Å². The molecule has 2 N–H and O–H groups in total. The number of terminal acetylenes is 1. The maximum absolute atomic E-state index is 10.8. The first kappa shape index (κ1) is 12.1. The van der Waals surface area contributed by atoms with Gasteiger partial charge in [-0.05, 0) is 32.0 Å². The minimum Gasteiger partial charge on any atom is -0.481 e. The predicted octanol–water partition coefficient (Wildman–Crippen LogP) is 2.19. The number of carbonyl (C=O) groups is 1. The maximum atomic E-state index is 10.8. The first-order valence-corrected chi connectivity index (χ1v) is 5.10. The fraction of sp³-hybridized carbons (Fsp3) is 0.308. The second-order valence-electron chi connectivity index (χ2n) is 3.79. The van der Waals surface area contributed by atoms with Crippen molar-refractivity contribution in [1.82, 2.24) is 0 Å². The van der Waals surface area contributed by atoms with Crippen LogP contribution in [0.1, 0.15) is 19.4 Å². The molecule has 0 amide bonds. The van der Waals surface area contributed by atoms with E-state index in [1.807, 2.05) is 31.2 Å². The third-order valence-electron chi connectivity index (χ3n) is 2.56. The molecule has 3 nitrogen and oxygen atoms in total. The lowest BCUT2D eigenvalue weighted by Gasteiger charge is -2.19. The van der Waals surface area contributed by atoms with Crippen LogP contribution in [0.15, 0.2) is 24.3 Å². The molecule has 0 saturated carbocycles. The summed E-state index contributed by atoms with van der Waals surface area (Å²) >= 11 is 0. The minimum absolute atomic E-state index is 0.148. The molecular weight excluding hydrogens is 202 g/mol. The van der Waals surface area contributed by atoms with Crippen molar-refractivity contribution < 1.29 is 9.90 Å². The lowest BCUT2D eigenvalue weighted by Crippen LogP contribution is -2.29. The van der Waals surface area contributed by atoms with E-state index in [0.717, 1.165) is 11.3 Å². The Balaban J connectivity index is 2.73. The van der Waals surface area contributed by atoms with Gasteiger partial charge in [-0.2, -0.15) is 0 Å². The predicted molar refractivity (Wildman–Crippen MR) is 64.3 cm³/mol. The van der Waals surface area contributed by atoms with Gasteiger partial charge in [0.05, 0.1) is 5.92 Å². The zero-order valence-corrected chi connectivity index (χ0v) is 9.40. The Bertz CT molecular complexity index is 420. The van der Waals surface area contributed by atoms with Gasteiger partial charge < -0.3 is 10.4 Å². The van der Waals surface area contributed by atoms with Gasteiger partial charge in [-0.25, -0.2) is 0 Å². The van der Waals surface area contributed by atoms with E-state index >= 15 is 0 Å². The average molecular weight is 217 g/mol. The van der Waals surface area contributed by atoms with E-state index in [1.54, 1.807) is 6.92 Å². The van der Waals surface area contributed by atoms with Crippen LogP contribution in [0.25, 0.3) is 0 Å². The standard InChI is InChI=1S/C13H15NO2/c1-4-11-6-5-7-12(8-11)14-10(3)9(2)13(15)16/h1,5-10,14H,2-3H3,(H,15,16). The van der Waals surface area contributed by atoms with Gasteiger partial charge in [0.1, 0.15) is 0 Å². The molecule has 0 aliphatic rings. The molecule has 1 aromatic rings. The lowest BCUT2D eigenvalue weighted by molar-refractivity contribution is -0.141. The number of hydrogen-bond acceptors (Lipinski definition) is 2. The molecule has 1 rings (SSSR count). The molecule has 1 aromatic carbocycles. The number of benzene rings is 1. The van der Waals surface area contributed by atoms with Gasteiger partial charge in [-0.15, -0.1) is 6.42 Å². The summed E-state index contributed by atoms with van der Waals surface area (Å²) in [6.07, 6.45) is 5.29. The average Bonchev–Trinajstić information content (AvgIpc) is 2.28. The van der Waals surface area contributed by atoms with Gasteiger partial charge >= 0.3 is 5.97 Å². The molecule has 84 valence electrons. The number of carboxylic acids is 1.